The fourth-order valence-corrected chi connectivity index (χ4v) is 13.5. The molecule has 0 bridgehead atoms. The average molecular weight is 941 g/mol. The molecule has 0 amide bonds. The molecule has 0 aliphatic carbocycles. The van der Waals surface area contributed by atoms with Crippen molar-refractivity contribution >= 4 is 69.0 Å². The molecule has 5 aromatic rings. The Morgan fingerprint density at radius 1 is 0.849 bits per heavy atom. The summed E-state index contributed by atoms with van der Waals surface area (Å²) in [5, 5.41) is 16.6. The standard InChI is InChI=1S/C33H38NSSi2.C13H24O2.Ir/c1-22-27-18-19-34-30(24-20-23-12-10-11-13-28(23)29(21-24)33(2,3)4)31(27)35-32(22)37(8,9)26-16-14-25(15-17-26)36(5,6)7;1-5-10(6-2)12(14)9-13(15)11(7-3)8-4;/h10-19,21H,1-9H3;9-11,14H,5-8H2,1-4H3;/q-1;;/b;12-9-;. The number of carbonyl (C=O) groups is 1. The number of ketones is 1. The van der Waals surface area contributed by atoms with Crippen LogP contribution in [0.5, 0.6) is 0 Å². The Kier molecular flexibility index (Phi) is 15.4. The first-order valence-electron chi connectivity index (χ1n) is 19.3. The number of benzene rings is 3. The summed E-state index contributed by atoms with van der Waals surface area (Å²) in [5.74, 6) is 0.547. The van der Waals surface area contributed by atoms with E-state index in [1.54, 1.807) is 4.50 Å². The van der Waals surface area contributed by atoms with Crippen LogP contribution in [0.15, 0.2) is 78.7 Å². The first-order chi connectivity index (χ1) is 24.4. The van der Waals surface area contributed by atoms with Crippen LogP contribution in [0.2, 0.25) is 32.7 Å². The van der Waals surface area contributed by atoms with Crippen LogP contribution in [0.1, 0.15) is 85.3 Å². The van der Waals surface area contributed by atoms with E-state index in [0.29, 0.717) is 0 Å². The molecule has 5 rings (SSSR count). The van der Waals surface area contributed by atoms with Crippen molar-refractivity contribution in [2.75, 3.05) is 0 Å². The van der Waals surface area contributed by atoms with Crippen molar-refractivity contribution in [2.45, 2.75) is 119 Å². The topological polar surface area (TPSA) is 50.2 Å². The second-order valence-corrected chi connectivity index (χ2v) is 27.7. The quantitative estimate of drug-likeness (QED) is 0.0621. The molecule has 0 saturated carbocycles. The van der Waals surface area contributed by atoms with E-state index in [2.05, 4.69) is 127 Å². The summed E-state index contributed by atoms with van der Waals surface area (Å²) in [5.41, 5.74) is 4.96. The SMILES string of the molecule is CCC(CC)C(=O)/C=C(\O)C(CC)CC.Cc1c([Si](C)(C)c2ccc([Si](C)(C)C)cc2)sc2c(-c3[c-]c4ccccc4c(C(C)(C)C)c3)nccc12.[Ir]. The van der Waals surface area contributed by atoms with Crippen LogP contribution >= 0.6 is 11.3 Å². The molecule has 0 aliphatic rings. The Labute approximate surface area is 340 Å². The van der Waals surface area contributed by atoms with Crippen molar-refractivity contribution in [1.29, 1.82) is 0 Å². The molecule has 2 heterocycles. The van der Waals surface area contributed by atoms with Crippen LogP contribution in [-0.4, -0.2) is 32.0 Å². The summed E-state index contributed by atoms with van der Waals surface area (Å²) in [4.78, 5) is 16.7. The molecule has 3 nitrogen and oxygen atoms in total. The van der Waals surface area contributed by atoms with E-state index in [1.807, 2.05) is 45.2 Å². The van der Waals surface area contributed by atoms with Gasteiger partial charge in [-0.3, -0.25) is 9.78 Å². The molecule has 7 heteroatoms. The number of carbonyl (C=O) groups excluding carboxylic acids is 1. The van der Waals surface area contributed by atoms with E-state index in [1.165, 1.54) is 43.0 Å². The van der Waals surface area contributed by atoms with Crippen molar-refractivity contribution in [1.82, 2.24) is 4.98 Å². The second-order valence-electron chi connectivity index (χ2n) is 16.9. The monoisotopic (exact) mass is 941 g/mol. The van der Waals surface area contributed by atoms with E-state index < -0.39 is 16.1 Å². The normalized spacial score (nSPS) is 12.6. The van der Waals surface area contributed by atoms with Crippen LogP contribution < -0.4 is 14.9 Å². The molecule has 0 spiro atoms. The van der Waals surface area contributed by atoms with Crippen LogP contribution in [0.25, 0.3) is 32.1 Å². The molecule has 53 heavy (non-hydrogen) atoms. The van der Waals surface area contributed by atoms with Gasteiger partial charge >= 0.3 is 0 Å². The summed E-state index contributed by atoms with van der Waals surface area (Å²) in [6.07, 6.45) is 6.89. The summed E-state index contributed by atoms with van der Waals surface area (Å²) in [6, 6.07) is 26.5. The molecule has 0 fully saturated rings. The van der Waals surface area contributed by atoms with Gasteiger partial charge in [-0.2, -0.15) is 11.3 Å². The zero-order valence-corrected chi connectivity index (χ0v) is 39.7. The van der Waals surface area contributed by atoms with Crippen LogP contribution in [0.3, 0.4) is 0 Å². The number of hydrogen-bond acceptors (Lipinski definition) is 4. The molecule has 0 saturated heterocycles. The number of aliphatic hydroxyl groups excluding tert-OH is 1. The fourth-order valence-electron chi connectivity index (χ4n) is 7.21. The number of aliphatic hydroxyl groups is 1. The van der Waals surface area contributed by atoms with E-state index >= 15 is 0 Å². The number of fused-ring (bicyclic) bond motifs is 2. The molecular weight excluding hydrogens is 879 g/mol. The number of nitrogens with zero attached hydrogens (tertiary/aromatic N) is 1. The number of rotatable bonds is 11. The maximum Gasteiger partial charge on any atom is 0.162 e. The Morgan fingerprint density at radius 3 is 1.96 bits per heavy atom. The van der Waals surface area contributed by atoms with Crippen LogP contribution in [0, 0.1) is 24.8 Å². The molecular formula is C46H62IrNO2SSi2-. The Morgan fingerprint density at radius 2 is 1.42 bits per heavy atom. The largest absolute Gasteiger partial charge is 0.512 e. The van der Waals surface area contributed by atoms with Gasteiger partial charge in [-0.25, -0.2) is 0 Å². The van der Waals surface area contributed by atoms with Gasteiger partial charge in [0.05, 0.1) is 13.8 Å². The first kappa shape index (κ1) is 44.7. The van der Waals surface area contributed by atoms with Gasteiger partial charge < -0.3 is 5.11 Å². The molecule has 0 aliphatic heterocycles. The third-order valence-corrected chi connectivity index (χ3v) is 19.1. The smallest absolute Gasteiger partial charge is 0.162 e. The van der Waals surface area contributed by atoms with Gasteiger partial charge in [0, 0.05) is 54.6 Å². The van der Waals surface area contributed by atoms with E-state index in [9.17, 15) is 9.90 Å². The number of aromatic nitrogens is 1. The van der Waals surface area contributed by atoms with Crippen molar-refractivity contribution < 1.29 is 30.0 Å². The second kappa shape index (κ2) is 18.3. The number of aryl methyl sites for hydroxylation is 1. The number of hydrogen-bond donors (Lipinski definition) is 1. The minimum Gasteiger partial charge on any atom is -0.512 e. The van der Waals surface area contributed by atoms with Crippen LogP contribution in [-0.2, 0) is 30.3 Å². The first-order valence-corrected chi connectivity index (χ1v) is 26.6. The summed E-state index contributed by atoms with van der Waals surface area (Å²) >= 11 is 1.96. The zero-order chi connectivity index (χ0) is 38.6. The predicted molar refractivity (Wildman–Crippen MR) is 235 cm³/mol. The van der Waals surface area contributed by atoms with Gasteiger partial charge in [0.25, 0.3) is 0 Å². The van der Waals surface area contributed by atoms with Crippen molar-refractivity contribution in [3.8, 4) is 11.3 Å². The summed E-state index contributed by atoms with van der Waals surface area (Å²) in [6.45, 7) is 29.5. The van der Waals surface area contributed by atoms with Gasteiger partial charge in [0.1, 0.15) is 8.07 Å². The Hall–Kier alpha value is -2.68. The Balaban J connectivity index is 0.000000403. The molecule has 1 radical (unpaired) electrons. The molecule has 0 unspecified atom stereocenters. The third-order valence-electron chi connectivity index (χ3n) is 10.8. The third kappa shape index (κ3) is 10.1. The Bertz CT molecular complexity index is 2030. The number of pyridine rings is 1. The van der Waals surface area contributed by atoms with E-state index in [-0.39, 0.29) is 48.9 Å². The van der Waals surface area contributed by atoms with Gasteiger partial charge in [0.2, 0.25) is 0 Å². The zero-order valence-electron chi connectivity index (χ0n) is 34.5. The maximum absolute atomic E-state index is 11.7. The number of thiophene rings is 1. The molecule has 2 aromatic heterocycles. The van der Waals surface area contributed by atoms with Crippen molar-refractivity contribution in [3.05, 3.63) is 95.9 Å². The minimum atomic E-state index is -1.88. The van der Waals surface area contributed by atoms with Gasteiger partial charge in [0.15, 0.2) is 5.78 Å². The van der Waals surface area contributed by atoms with Crippen molar-refractivity contribution in [2.24, 2.45) is 11.8 Å². The number of allylic oxidation sites excluding steroid dienone is 2. The van der Waals surface area contributed by atoms with Crippen LogP contribution in [0.4, 0.5) is 0 Å². The molecule has 287 valence electrons. The van der Waals surface area contributed by atoms with E-state index in [4.69, 9.17) is 4.98 Å². The van der Waals surface area contributed by atoms with Gasteiger partial charge in [-0.15, -0.1) is 29.1 Å². The van der Waals surface area contributed by atoms with Gasteiger partial charge in [-0.1, -0.05) is 145 Å². The molecule has 1 N–H and O–H groups in total. The van der Waals surface area contributed by atoms with E-state index in [0.717, 1.165) is 42.3 Å². The minimum absolute atomic E-state index is 0. The predicted octanol–water partition coefficient (Wildman–Crippen LogP) is 11.8. The fraction of sp³-hybridized carbons (Fsp3) is 0.435. The summed E-state index contributed by atoms with van der Waals surface area (Å²) in [7, 11) is -3.19. The maximum atomic E-state index is 11.7. The average Bonchev–Trinajstić information content (AvgIpc) is 3.45. The van der Waals surface area contributed by atoms with Gasteiger partial charge in [-0.05, 0) is 59.5 Å². The molecule has 0 atom stereocenters. The summed E-state index contributed by atoms with van der Waals surface area (Å²) < 4.78 is 2.84. The molecule has 3 aromatic carbocycles. The van der Waals surface area contributed by atoms with Crippen molar-refractivity contribution in [3.63, 3.8) is 0 Å².